The number of fused-ring (bicyclic) bond motifs is 17. The Morgan fingerprint density at radius 2 is 0.726 bits per heavy atom. The van der Waals surface area contributed by atoms with Crippen molar-refractivity contribution in [2.45, 2.75) is 38.5 Å². The first-order valence-electron chi connectivity index (χ1n) is 29.5. The smallest absolute Gasteiger partial charge is 0.0544 e. The number of rotatable bonds is 5. The van der Waals surface area contributed by atoms with Crippen molar-refractivity contribution in [2.75, 3.05) is 0 Å². The number of nitrogens with zero attached hydrogens (tertiary/aromatic N) is 3. The molecule has 0 atom stereocenters. The molecule has 3 aromatic heterocycles. The van der Waals surface area contributed by atoms with Crippen molar-refractivity contribution in [1.29, 1.82) is 0 Å². The van der Waals surface area contributed by atoms with E-state index in [1.165, 1.54) is 159 Å². The van der Waals surface area contributed by atoms with Crippen molar-refractivity contribution in [3.8, 4) is 67.0 Å². The molecule has 2 aliphatic carbocycles. The predicted octanol–water partition coefficient (Wildman–Crippen LogP) is 21.5. The van der Waals surface area contributed by atoms with Gasteiger partial charge in [-0.3, -0.25) is 4.98 Å². The minimum atomic E-state index is -0.118. The van der Waals surface area contributed by atoms with Gasteiger partial charge in [-0.25, -0.2) is 0 Å². The van der Waals surface area contributed by atoms with Gasteiger partial charge in [0.05, 0.1) is 22.1 Å². The van der Waals surface area contributed by atoms with Gasteiger partial charge in [-0.2, -0.15) is 0 Å². The van der Waals surface area contributed by atoms with E-state index in [1.807, 2.05) is 12.4 Å². The molecule has 3 heterocycles. The van der Waals surface area contributed by atoms with Crippen LogP contribution in [0.25, 0.3) is 154 Å². The molecular formula is C81H55N3. The molecule has 0 saturated heterocycles. The standard InChI is InChI=1S/C81H55N3/c1-80(2)70-27-13-9-21-55(70)64-43-66-57-23-11-15-29-74(57)83(76(66)45-72(64)80)52-35-31-48(32-36-52)78-59-25-7-8-26-60(59)79(69-42-63-61(51-19-17-39-82-47-51)40-50-18-5-6-20-54(50)62(63)41-68(69)78)49-33-37-53(38-34-49)84-75-30-16-12-24-58(75)67-44-65-56-22-10-14-28-71(56)81(3,4)73(65)46-77(67)84/h5-47H,1-4H3. The van der Waals surface area contributed by atoms with Crippen LogP contribution in [0.1, 0.15) is 49.9 Å². The molecule has 0 unspecified atom stereocenters. The topological polar surface area (TPSA) is 22.8 Å². The van der Waals surface area contributed by atoms with Crippen LogP contribution in [0.5, 0.6) is 0 Å². The highest BCUT2D eigenvalue weighted by Crippen LogP contribution is 2.54. The van der Waals surface area contributed by atoms with Gasteiger partial charge < -0.3 is 9.13 Å². The van der Waals surface area contributed by atoms with Crippen LogP contribution in [-0.4, -0.2) is 14.1 Å². The Labute approximate surface area is 487 Å². The highest BCUT2D eigenvalue weighted by atomic mass is 15.0. The summed E-state index contributed by atoms with van der Waals surface area (Å²) in [5.74, 6) is 0. The molecule has 394 valence electrons. The minimum absolute atomic E-state index is 0.117. The number of hydrogen-bond donors (Lipinski definition) is 0. The number of aromatic nitrogens is 3. The Kier molecular flexibility index (Phi) is 9.63. The van der Waals surface area contributed by atoms with Crippen LogP contribution < -0.4 is 0 Å². The second kappa shape index (κ2) is 17.1. The second-order valence-corrected chi connectivity index (χ2v) is 24.6. The summed E-state index contributed by atoms with van der Waals surface area (Å²) in [5, 5.41) is 14.8. The molecule has 18 rings (SSSR count). The molecule has 0 spiro atoms. The number of hydrogen-bond acceptors (Lipinski definition) is 1. The van der Waals surface area contributed by atoms with Gasteiger partial charge in [-0.05, 0) is 200 Å². The summed E-state index contributed by atoms with van der Waals surface area (Å²) in [6.07, 6.45) is 3.88. The maximum atomic E-state index is 4.66. The third-order valence-corrected chi connectivity index (χ3v) is 19.6. The fourth-order valence-corrected chi connectivity index (χ4v) is 15.6. The predicted molar refractivity (Wildman–Crippen MR) is 354 cm³/mol. The number of para-hydroxylation sites is 2. The quantitative estimate of drug-likeness (QED) is 0.124. The van der Waals surface area contributed by atoms with Gasteiger partial charge in [0.2, 0.25) is 0 Å². The summed E-state index contributed by atoms with van der Waals surface area (Å²) < 4.78 is 4.98. The van der Waals surface area contributed by atoms with Gasteiger partial charge in [0, 0.05) is 61.7 Å². The van der Waals surface area contributed by atoms with Gasteiger partial charge >= 0.3 is 0 Å². The molecule has 0 aliphatic heterocycles. The van der Waals surface area contributed by atoms with Crippen LogP contribution in [0.4, 0.5) is 0 Å². The lowest BCUT2D eigenvalue weighted by Crippen LogP contribution is -2.14. The van der Waals surface area contributed by atoms with Gasteiger partial charge in [0.15, 0.2) is 0 Å². The molecule has 0 fully saturated rings. The van der Waals surface area contributed by atoms with Crippen molar-refractivity contribution in [1.82, 2.24) is 14.1 Å². The molecule has 0 N–H and O–H groups in total. The molecule has 3 nitrogen and oxygen atoms in total. The van der Waals surface area contributed by atoms with E-state index in [0.717, 1.165) is 16.9 Å². The largest absolute Gasteiger partial charge is 0.309 e. The molecule has 0 amide bonds. The highest BCUT2D eigenvalue weighted by molar-refractivity contribution is 6.27. The first kappa shape index (κ1) is 47.3. The number of benzene rings is 13. The Balaban J connectivity index is 0.860. The highest BCUT2D eigenvalue weighted by Gasteiger charge is 2.38. The van der Waals surface area contributed by atoms with Crippen molar-refractivity contribution >= 4 is 86.7 Å². The molecule has 2 aliphatic rings. The average molecular weight is 1070 g/mol. The Hall–Kier alpha value is -10.4. The van der Waals surface area contributed by atoms with E-state index in [2.05, 4.69) is 291 Å². The zero-order valence-electron chi connectivity index (χ0n) is 47.2. The van der Waals surface area contributed by atoms with Crippen molar-refractivity contribution in [3.05, 3.63) is 283 Å². The Morgan fingerprint density at radius 1 is 0.274 bits per heavy atom. The lowest BCUT2D eigenvalue weighted by Gasteiger charge is -2.22. The van der Waals surface area contributed by atoms with E-state index >= 15 is 0 Å². The molecule has 16 aromatic rings. The lowest BCUT2D eigenvalue weighted by molar-refractivity contribution is 0.661. The maximum Gasteiger partial charge on any atom is 0.0544 e. The van der Waals surface area contributed by atoms with Crippen LogP contribution >= 0.6 is 0 Å². The summed E-state index contributed by atoms with van der Waals surface area (Å²) in [4.78, 5) is 4.66. The van der Waals surface area contributed by atoms with E-state index in [9.17, 15) is 0 Å². The number of pyridine rings is 1. The normalized spacial score (nSPS) is 13.9. The van der Waals surface area contributed by atoms with Gasteiger partial charge in [0.1, 0.15) is 0 Å². The molecule has 0 saturated carbocycles. The third-order valence-electron chi connectivity index (χ3n) is 19.6. The van der Waals surface area contributed by atoms with Crippen LogP contribution in [-0.2, 0) is 10.8 Å². The zero-order valence-corrected chi connectivity index (χ0v) is 47.2. The van der Waals surface area contributed by atoms with Crippen LogP contribution in [0.2, 0.25) is 0 Å². The molecule has 84 heavy (non-hydrogen) atoms. The molecule has 13 aromatic carbocycles. The summed E-state index contributed by atoms with van der Waals surface area (Å²) in [6, 6.07) is 94.1. The van der Waals surface area contributed by atoms with Crippen molar-refractivity contribution in [3.63, 3.8) is 0 Å². The Bertz CT molecular complexity index is 5520. The maximum absolute atomic E-state index is 4.66. The fraction of sp³-hybridized carbons (Fsp3) is 0.0741. The minimum Gasteiger partial charge on any atom is -0.309 e. The van der Waals surface area contributed by atoms with E-state index in [4.69, 9.17) is 0 Å². The molecular weight excluding hydrogens is 1010 g/mol. The lowest BCUT2D eigenvalue weighted by atomic mass is 9.82. The van der Waals surface area contributed by atoms with Gasteiger partial charge in [0.25, 0.3) is 0 Å². The summed E-state index contributed by atoms with van der Waals surface area (Å²) >= 11 is 0. The Morgan fingerprint density at radius 3 is 1.24 bits per heavy atom. The van der Waals surface area contributed by atoms with Crippen LogP contribution in [0.3, 0.4) is 0 Å². The first-order valence-corrected chi connectivity index (χ1v) is 29.5. The first-order chi connectivity index (χ1) is 41.2. The van der Waals surface area contributed by atoms with Crippen LogP contribution in [0, 0.1) is 0 Å². The van der Waals surface area contributed by atoms with E-state index in [1.54, 1.807) is 0 Å². The summed E-state index contributed by atoms with van der Waals surface area (Å²) in [6.45, 7) is 9.51. The third kappa shape index (κ3) is 6.44. The summed E-state index contributed by atoms with van der Waals surface area (Å²) in [7, 11) is 0. The van der Waals surface area contributed by atoms with Crippen molar-refractivity contribution in [2.24, 2.45) is 0 Å². The SMILES string of the molecule is CC1(C)c2ccccc2-c2cc3c4ccccc4n(-c4ccc(-c5c6ccccc6c(-c6ccc(-n7c8ccccc8c8cc9c(cc87)C(C)(C)c7ccccc7-9)cc6)c6cc7c(cc56)c(-c5cccnc5)cc5ccccc57)cc4)c3cc21. The van der Waals surface area contributed by atoms with E-state index < -0.39 is 0 Å². The monoisotopic (exact) mass is 1070 g/mol. The molecule has 0 radical (unpaired) electrons. The van der Waals surface area contributed by atoms with Gasteiger partial charge in [-0.1, -0.05) is 191 Å². The molecule has 3 heteroatoms. The summed E-state index contributed by atoms with van der Waals surface area (Å²) in [5.41, 5.74) is 24.9. The average Bonchev–Trinajstić information content (AvgIpc) is 1.50. The van der Waals surface area contributed by atoms with Gasteiger partial charge in [-0.15, -0.1) is 0 Å². The van der Waals surface area contributed by atoms with Crippen LogP contribution in [0.15, 0.2) is 261 Å². The fourth-order valence-electron chi connectivity index (χ4n) is 15.6. The second-order valence-electron chi connectivity index (χ2n) is 24.6. The van der Waals surface area contributed by atoms with E-state index in [-0.39, 0.29) is 10.8 Å². The zero-order chi connectivity index (χ0) is 55.7. The molecule has 0 bridgehead atoms. The van der Waals surface area contributed by atoms with E-state index in [0.29, 0.717) is 0 Å². The van der Waals surface area contributed by atoms with Crippen molar-refractivity contribution < 1.29 is 0 Å².